The number of fused-ring (bicyclic) bond motifs is 1. The van der Waals surface area contributed by atoms with Gasteiger partial charge in [0.15, 0.2) is 0 Å². The Morgan fingerprint density at radius 3 is 2.70 bits per heavy atom. The molecular weight excluding hydrogens is 332 g/mol. The highest BCUT2D eigenvalue weighted by Gasteiger charge is 2.15. The molecule has 3 rings (SSSR count). The van der Waals surface area contributed by atoms with Crippen LogP contribution in [0.2, 0.25) is 5.02 Å². The second-order valence-electron chi connectivity index (χ2n) is 5.38. The highest BCUT2D eigenvalue weighted by molar-refractivity contribution is 7.89. The van der Waals surface area contributed by atoms with Crippen LogP contribution in [0.3, 0.4) is 0 Å². The normalized spacial score (nSPS) is 11.9. The quantitative estimate of drug-likeness (QED) is 0.739. The van der Waals surface area contributed by atoms with Crippen LogP contribution in [0, 0.1) is 6.92 Å². The van der Waals surface area contributed by atoms with Crippen LogP contribution in [-0.4, -0.2) is 19.9 Å². The topological polar surface area (TPSA) is 62.0 Å². The maximum Gasteiger partial charge on any atom is 0.240 e. The van der Waals surface area contributed by atoms with Gasteiger partial charge in [-0.3, -0.25) is 0 Å². The van der Waals surface area contributed by atoms with E-state index in [0.717, 1.165) is 22.2 Å². The fourth-order valence-electron chi connectivity index (χ4n) is 2.68. The molecule has 0 bridgehead atoms. The maximum absolute atomic E-state index is 12.3. The number of aryl methyl sites for hydroxylation is 1. The smallest absolute Gasteiger partial charge is 0.240 e. The SMILES string of the molecule is Cc1[nH]c2ccccc2c1CCNS(=O)(=O)c1cccc(Cl)c1. The van der Waals surface area contributed by atoms with Crippen LogP contribution in [0.1, 0.15) is 11.3 Å². The van der Waals surface area contributed by atoms with Crippen LogP contribution in [0.4, 0.5) is 0 Å². The van der Waals surface area contributed by atoms with Crippen LogP contribution in [0.25, 0.3) is 10.9 Å². The third-order valence-electron chi connectivity index (χ3n) is 3.80. The summed E-state index contributed by atoms with van der Waals surface area (Å²) in [6.45, 7) is 2.33. The van der Waals surface area contributed by atoms with Crippen molar-refractivity contribution in [3.05, 3.63) is 64.8 Å². The fraction of sp³-hybridized carbons (Fsp3) is 0.176. The molecule has 0 spiro atoms. The van der Waals surface area contributed by atoms with E-state index in [1.165, 1.54) is 12.1 Å². The lowest BCUT2D eigenvalue weighted by Gasteiger charge is -2.07. The van der Waals surface area contributed by atoms with E-state index >= 15 is 0 Å². The Bertz CT molecular complexity index is 948. The number of aromatic nitrogens is 1. The molecule has 1 heterocycles. The number of sulfonamides is 1. The molecule has 0 unspecified atom stereocenters. The summed E-state index contributed by atoms with van der Waals surface area (Å²) in [7, 11) is -3.55. The number of halogens is 1. The van der Waals surface area contributed by atoms with Gasteiger partial charge in [-0.25, -0.2) is 13.1 Å². The first-order valence-corrected chi connectivity index (χ1v) is 9.15. The monoisotopic (exact) mass is 348 g/mol. The zero-order chi connectivity index (χ0) is 16.4. The molecule has 0 saturated carbocycles. The van der Waals surface area contributed by atoms with Gasteiger partial charge < -0.3 is 4.98 Å². The molecule has 0 aliphatic rings. The van der Waals surface area contributed by atoms with Crippen LogP contribution in [0.15, 0.2) is 53.4 Å². The van der Waals surface area contributed by atoms with Crippen molar-refractivity contribution in [2.75, 3.05) is 6.54 Å². The van der Waals surface area contributed by atoms with E-state index in [1.807, 2.05) is 31.2 Å². The molecule has 0 aliphatic carbocycles. The van der Waals surface area contributed by atoms with Crippen LogP contribution in [0.5, 0.6) is 0 Å². The first-order valence-electron chi connectivity index (χ1n) is 7.29. The summed E-state index contributed by atoms with van der Waals surface area (Å²) in [5.41, 5.74) is 3.26. The molecule has 6 heteroatoms. The predicted octanol–water partition coefficient (Wildman–Crippen LogP) is 3.65. The average Bonchev–Trinajstić information content (AvgIpc) is 2.83. The first kappa shape index (κ1) is 16.1. The molecular formula is C17H17ClN2O2S. The molecule has 0 atom stereocenters. The van der Waals surface area contributed by atoms with Crippen molar-refractivity contribution in [1.29, 1.82) is 0 Å². The van der Waals surface area contributed by atoms with Crippen LogP contribution in [-0.2, 0) is 16.4 Å². The standard InChI is InChI=1S/C17H17ClN2O2S/c1-12-15(16-7-2-3-8-17(16)20-12)9-10-19-23(21,22)14-6-4-5-13(18)11-14/h2-8,11,19-20H,9-10H2,1H3. The van der Waals surface area contributed by atoms with Crippen molar-refractivity contribution >= 4 is 32.5 Å². The number of hydrogen-bond acceptors (Lipinski definition) is 2. The van der Waals surface area contributed by atoms with Gasteiger partial charge in [0.1, 0.15) is 0 Å². The summed E-state index contributed by atoms with van der Waals surface area (Å²) in [6.07, 6.45) is 0.621. The Hall–Kier alpha value is -1.82. The number of aromatic amines is 1. The summed E-state index contributed by atoms with van der Waals surface area (Å²) in [6, 6.07) is 14.3. The summed E-state index contributed by atoms with van der Waals surface area (Å²) in [5, 5.41) is 1.53. The van der Waals surface area contributed by atoms with Gasteiger partial charge in [-0.05, 0) is 43.2 Å². The van der Waals surface area contributed by atoms with E-state index in [9.17, 15) is 8.42 Å². The van der Waals surface area contributed by atoms with Crippen molar-refractivity contribution in [1.82, 2.24) is 9.71 Å². The highest BCUT2D eigenvalue weighted by Crippen LogP contribution is 2.22. The summed E-state index contributed by atoms with van der Waals surface area (Å²) < 4.78 is 27.2. The Kier molecular flexibility index (Phi) is 4.43. The molecule has 2 aromatic carbocycles. The lowest BCUT2D eigenvalue weighted by molar-refractivity contribution is 0.581. The van der Waals surface area contributed by atoms with E-state index in [4.69, 9.17) is 11.6 Å². The Labute approximate surface area is 140 Å². The Balaban J connectivity index is 1.75. The zero-order valence-corrected chi connectivity index (χ0v) is 14.2. The molecule has 4 nitrogen and oxygen atoms in total. The van der Waals surface area contributed by atoms with Gasteiger partial charge in [0.25, 0.3) is 0 Å². The van der Waals surface area contributed by atoms with Crippen molar-refractivity contribution in [2.45, 2.75) is 18.2 Å². The summed E-state index contributed by atoms with van der Waals surface area (Å²) >= 11 is 5.86. The van der Waals surface area contributed by atoms with Crippen LogP contribution < -0.4 is 4.72 Å². The first-order chi connectivity index (χ1) is 11.0. The third kappa shape index (κ3) is 3.42. The fourth-order valence-corrected chi connectivity index (χ4v) is 4.02. The number of benzene rings is 2. The third-order valence-corrected chi connectivity index (χ3v) is 5.49. The van der Waals surface area contributed by atoms with Gasteiger partial charge in [0.05, 0.1) is 4.90 Å². The molecule has 120 valence electrons. The van der Waals surface area contributed by atoms with Gasteiger partial charge in [-0.2, -0.15) is 0 Å². The maximum atomic E-state index is 12.3. The molecule has 0 amide bonds. The van der Waals surface area contributed by atoms with Gasteiger partial charge in [0.2, 0.25) is 10.0 Å². The minimum atomic E-state index is -3.55. The lowest BCUT2D eigenvalue weighted by atomic mass is 10.1. The number of hydrogen-bond donors (Lipinski definition) is 2. The number of para-hydroxylation sites is 1. The number of H-pyrrole nitrogens is 1. The zero-order valence-electron chi connectivity index (χ0n) is 12.6. The summed E-state index contributed by atoms with van der Waals surface area (Å²) in [5.74, 6) is 0. The Morgan fingerprint density at radius 1 is 1.13 bits per heavy atom. The molecule has 2 N–H and O–H groups in total. The lowest BCUT2D eigenvalue weighted by Crippen LogP contribution is -2.26. The Morgan fingerprint density at radius 2 is 1.91 bits per heavy atom. The average molecular weight is 349 g/mol. The molecule has 23 heavy (non-hydrogen) atoms. The number of rotatable bonds is 5. The highest BCUT2D eigenvalue weighted by atomic mass is 35.5. The van der Waals surface area contributed by atoms with Gasteiger partial charge >= 0.3 is 0 Å². The second kappa shape index (κ2) is 6.35. The number of nitrogens with one attached hydrogen (secondary N) is 2. The van der Waals surface area contributed by atoms with E-state index in [2.05, 4.69) is 9.71 Å². The molecule has 0 radical (unpaired) electrons. The minimum absolute atomic E-state index is 0.181. The van der Waals surface area contributed by atoms with Crippen LogP contribution >= 0.6 is 11.6 Å². The largest absolute Gasteiger partial charge is 0.358 e. The molecule has 0 saturated heterocycles. The minimum Gasteiger partial charge on any atom is -0.358 e. The molecule has 1 aromatic heterocycles. The molecule has 0 aliphatic heterocycles. The van der Waals surface area contributed by atoms with Crippen molar-refractivity contribution in [3.63, 3.8) is 0 Å². The predicted molar refractivity (Wildman–Crippen MR) is 93.4 cm³/mol. The van der Waals surface area contributed by atoms with Crippen molar-refractivity contribution < 1.29 is 8.42 Å². The van der Waals surface area contributed by atoms with E-state index < -0.39 is 10.0 Å². The van der Waals surface area contributed by atoms with Crippen molar-refractivity contribution in [3.8, 4) is 0 Å². The van der Waals surface area contributed by atoms with Crippen molar-refractivity contribution in [2.24, 2.45) is 0 Å². The van der Waals surface area contributed by atoms with Gasteiger partial charge in [-0.15, -0.1) is 0 Å². The summed E-state index contributed by atoms with van der Waals surface area (Å²) in [4.78, 5) is 3.50. The van der Waals surface area contributed by atoms with E-state index in [0.29, 0.717) is 18.0 Å². The van der Waals surface area contributed by atoms with E-state index in [-0.39, 0.29) is 4.90 Å². The molecule has 3 aromatic rings. The van der Waals surface area contributed by atoms with Gasteiger partial charge in [0, 0.05) is 28.2 Å². The second-order valence-corrected chi connectivity index (χ2v) is 7.58. The van der Waals surface area contributed by atoms with Gasteiger partial charge in [-0.1, -0.05) is 35.9 Å². The van der Waals surface area contributed by atoms with E-state index in [1.54, 1.807) is 12.1 Å². The molecule has 0 fully saturated rings.